The van der Waals surface area contributed by atoms with Crippen LogP contribution in [-0.2, 0) is 17.4 Å². The molecule has 0 radical (unpaired) electrons. The van der Waals surface area contributed by atoms with E-state index in [1.54, 1.807) is 0 Å². The summed E-state index contributed by atoms with van der Waals surface area (Å²) in [6, 6.07) is 12.8. The van der Waals surface area contributed by atoms with Gasteiger partial charge in [0, 0.05) is 13.1 Å². The maximum atomic E-state index is 12.6. The average molecular weight is 362 g/mol. The summed E-state index contributed by atoms with van der Waals surface area (Å²) < 4.78 is 37.8. The van der Waals surface area contributed by atoms with Gasteiger partial charge in [-0.05, 0) is 48.2 Å². The number of nitrogens with one attached hydrogen (secondary N) is 2. The molecule has 0 bridgehead atoms. The Morgan fingerprint density at radius 2 is 1.65 bits per heavy atom. The van der Waals surface area contributed by atoms with Gasteiger partial charge in [0.15, 0.2) is 0 Å². The van der Waals surface area contributed by atoms with Crippen LogP contribution < -0.4 is 10.6 Å². The number of carbonyl (C=O) groups is 1. The van der Waals surface area contributed by atoms with E-state index in [0.29, 0.717) is 6.54 Å². The average Bonchev–Trinajstić information content (AvgIpc) is 3.16. The minimum Gasteiger partial charge on any atom is -0.355 e. The fourth-order valence-electron chi connectivity index (χ4n) is 3.07. The van der Waals surface area contributed by atoms with E-state index in [1.165, 1.54) is 12.1 Å². The first-order valence-corrected chi connectivity index (χ1v) is 8.68. The minimum absolute atomic E-state index is 0.0667. The zero-order valence-corrected chi connectivity index (χ0v) is 14.3. The van der Waals surface area contributed by atoms with Crippen LogP contribution in [-0.4, -0.2) is 25.5 Å². The SMILES string of the molecule is O=C(NCCc1ccc(-c2ccc(C(F)(F)F)cc2)cc1)C1CCNC1. The van der Waals surface area contributed by atoms with E-state index in [4.69, 9.17) is 0 Å². The second-order valence-corrected chi connectivity index (χ2v) is 6.50. The first-order chi connectivity index (χ1) is 12.4. The normalized spacial score (nSPS) is 17.3. The molecule has 138 valence electrons. The molecule has 1 aliphatic heterocycles. The van der Waals surface area contributed by atoms with Crippen LogP contribution in [0.1, 0.15) is 17.5 Å². The molecular formula is C20H21F3N2O. The van der Waals surface area contributed by atoms with E-state index < -0.39 is 11.7 Å². The first-order valence-electron chi connectivity index (χ1n) is 8.68. The fraction of sp³-hybridized carbons (Fsp3) is 0.350. The molecule has 1 atom stereocenters. The predicted molar refractivity (Wildman–Crippen MR) is 94.6 cm³/mol. The van der Waals surface area contributed by atoms with Crippen LogP contribution in [0.15, 0.2) is 48.5 Å². The molecule has 3 nitrogen and oxygen atoms in total. The van der Waals surface area contributed by atoms with Crippen molar-refractivity contribution >= 4 is 5.91 Å². The molecule has 1 fully saturated rings. The van der Waals surface area contributed by atoms with E-state index in [1.807, 2.05) is 24.3 Å². The van der Waals surface area contributed by atoms with Crippen molar-refractivity contribution in [3.8, 4) is 11.1 Å². The first kappa shape index (κ1) is 18.5. The van der Waals surface area contributed by atoms with E-state index >= 15 is 0 Å². The minimum atomic E-state index is -4.32. The van der Waals surface area contributed by atoms with Crippen molar-refractivity contribution in [3.63, 3.8) is 0 Å². The molecule has 6 heteroatoms. The summed E-state index contributed by atoms with van der Waals surface area (Å²) in [4.78, 5) is 11.9. The van der Waals surface area contributed by atoms with Gasteiger partial charge in [-0.15, -0.1) is 0 Å². The number of amides is 1. The number of hydrogen-bond donors (Lipinski definition) is 2. The molecule has 2 aromatic rings. The van der Waals surface area contributed by atoms with E-state index in [2.05, 4.69) is 10.6 Å². The summed E-state index contributed by atoms with van der Waals surface area (Å²) >= 11 is 0. The van der Waals surface area contributed by atoms with E-state index in [-0.39, 0.29) is 11.8 Å². The molecule has 2 N–H and O–H groups in total. The Morgan fingerprint density at radius 1 is 1.04 bits per heavy atom. The lowest BCUT2D eigenvalue weighted by molar-refractivity contribution is -0.137. The predicted octanol–water partition coefficient (Wildman–Crippen LogP) is 3.64. The molecule has 1 amide bonds. The Morgan fingerprint density at radius 3 is 2.19 bits per heavy atom. The van der Waals surface area contributed by atoms with Crippen LogP contribution in [0.3, 0.4) is 0 Å². The van der Waals surface area contributed by atoms with E-state index in [0.717, 1.165) is 54.8 Å². The molecular weight excluding hydrogens is 341 g/mol. The van der Waals surface area contributed by atoms with Crippen molar-refractivity contribution in [3.05, 3.63) is 59.7 Å². The largest absolute Gasteiger partial charge is 0.416 e. The number of hydrogen-bond acceptors (Lipinski definition) is 2. The third kappa shape index (κ3) is 4.64. The third-order valence-electron chi connectivity index (χ3n) is 4.64. The van der Waals surface area contributed by atoms with Gasteiger partial charge in [-0.1, -0.05) is 36.4 Å². The molecule has 0 spiro atoms. The summed E-state index contributed by atoms with van der Waals surface area (Å²) in [7, 11) is 0. The van der Waals surface area contributed by atoms with Gasteiger partial charge in [-0.2, -0.15) is 13.2 Å². The van der Waals surface area contributed by atoms with Gasteiger partial charge in [0.05, 0.1) is 11.5 Å². The van der Waals surface area contributed by atoms with Crippen molar-refractivity contribution in [1.29, 1.82) is 0 Å². The Balaban J connectivity index is 1.54. The maximum Gasteiger partial charge on any atom is 0.416 e. The van der Waals surface area contributed by atoms with Crippen molar-refractivity contribution in [2.24, 2.45) is 5.92 Å². The number of halogens is 3. The highest BCUT2D eigenvalue weighted by atomic mass is 19.4. The Hall–Kier alpha value is -2.34. The topological polar surface area (TPSA) is 41.1 Å². The second-order valence-electron chi connectivity index (χ2n) is 6.50. The molecule has 1 heterocycles. The summed E-state index contributed by atoms with van der Waals surface area (Å²) in [6.45, 7) is 2.21. The quantitative estimate of drug-likeness (QED) is 0.853. The highest BCUT2D eigenvalue weighted by molar-refractivity contribution is 5.79. The van der Waals surface area contributed by atoms with Gasteiger partial charge in [-0.3, -0.25) is 4.79 Å². The molecule has 0 aromatic heterocycles. The smallest absolute Gasteiger partial charge is 0.355 e. The number of benzene rings is 2. The lowest BCUT2D eigenvalue weighted by Gasteiger charge is -2.10. The molecule has 1 unspecified atom stereocenters. The van der Waals surface area contributed by atoms with Crippen LogP contribution in [0.4, 0.5) is 13.2 Å². The molecule has 0 aliphatic carbocycles. The molecule has 2 aromatic carbocycles. The monoisotopic (exact) mass is 362 g/mol. The Bertz CT molecular complexity index is 733. The highest BCUT2D eigenvalue weighted by Gasteiger charge is 2.29. The highest BCUT2D eigenvalue weighted by Crippen LogP contribution is 2.31. The van der Waals surface area contributed by atoms with E-state index in [9.17, 15) is 18.0 Å². The van der Waals surface area contributed by atoms with Crippen molar-refractivity contribution < 1.29 is 18.0 Å². The molecule has 0 saturated carbocycles. The Kier molecular flexibility index (Phi) is 5.61. The molecule has 3 rings (SSSR count). The van der Waals surface area contributed by atoms with Gasteiger partial charge >= 0.3 is 6.18 Å². The van der Waals surface area contributed by atoms with Crippen molar-refractivity contribution in [2.45, 2.75) is 19.0 Å². The van der Waals surface area contributed by atoms with Crippen LogP contribution in [0, 0.1) is 5.92 Å². The van der Waals surface area contributed by atoms with Gasteiger partial charge in [0.1, 0.15) is 0 Å². The van der Waals surface area contributed by atoms with Crippen LogP contribution in [0.2, 0.25) is 0 Å². The third-order valence-corrected chi connectivity index (χ3v) is 4.64. The number of rotatable bonds is 5. The summed E-state index contributed by atoms with van der Waals surface area (Å²) in [5, 5.41) is 6.13. The van der Waals surface area contributed by atoms with Crippen molar-refractivity contribution in [2.75, 3.05) is 19.6 Å². The zero-order valence-electron chi connectivity index (χ0n) is 14.3. The standard InChI is InChI=1S/C20H21F3N2O/c21-20(22,23)18-7-5-16(6-8-18)15-3-1-14(2-4-15)9-12-25-19(26)17-10-11-24-13-17/h1-8,17,24H,9-13H2,(H,25,26). The van der Waals surface area contributed by atoms with Gasteiger partial charge in [-0.25, -0.2) is 0 Å². The lowest BCUT2D eigenvalue weighted by Crippen LogP contribution is -2.33. The zero-order chi connectivity index (χ0) is 18.6. The number of carbonyl (C=O) groups excluding carboxylic acids is 1. The Labute approximate surface area is 150 Å². The second kappa shape index (κ2) is 7.91. The summed E-state index contributed by atoms with van der Waals surface area (Å²) in [5.74, 6) is 0.161. The molecule has 1 aliphatic rings. The van der Waals surface area contributed by atoms with Crippen LogP contribution in [0.25, 0.3) is 11.1 Å². The summed E-state index contributed by atoms with van der Waals surface area (Å²) in [6.07, 6.45) is -2.71. The van der Waals surface area contributed by atoms with Crippen LogP contribution >= 0.6 is 0 Å². The van der Waals surface area contributed by atoms with Gasteiger partial charge in [0.25, 0.3) is 0 Å². The molecule has 1 saturated heterocycles. The fourth-order valence-corrected chi connectivity index (χ4v) is 3.07. The lowest BCUT2D eigenvalue weighted by atomic mass is 10.0. The summed E-state index contributed by atoms with van der Waals surface area (Å²) in [5.41, 5.74) is 2.03. The number of alkyl halides is 3. The van der Waals surface area contributed by atoms with Crippen LogP contribution in [0.5, 0.6) is 0 Å². The molecule has 26 heavy (non-hydrogen) atoms. The van der Waals surface area contributed by atoms with Gasteiger partial charge in [0.2, 0.25) is 5.91 Å². The van der Waals surface area contributed by atoms with Gasteiger partial charge < -0.3 is 10.6 Å². The van der Waals surface area contributed by atoms with Crippen molar-refractivity contribution in [1.82, 2.24) is 10.6 Å². The maximum absolute atomic E-state index is 12.6.